The monoisotopic (exact) mass is 314 g/mol. The van der Waals surface area contributed by atoms with E-state index >= 15 is 0 Å². The molecule has 2 saturated heterocycles. The summed E-state index contributed by atoms with van der Waals surface area (Å²) in [6, 6.07) is 0.469. The molecule has 0 spiro atoms. The summed E-state index contributed by atoms with van der Waals surface area (Å²) in [6.45, 7) is 6.24. The average molecular weight is 314 g/mol. The lowest BCUT2D eigenvalue weighted by Crippen LogP contribution is -2.52. The summed E-state index contributed by atoms with van der Waals surface area (Å²) in [7, 11) is 0. The molecule has 5 heteroatoms. The van der Waals surface area contributed by atoms with Crippen molar-refractivity contribution >= 4 is 17.7 Å². The minimum atomic E-state index is -0.0284. The van der Waals surface area contributed by atoms with Crippen LogP contribution in [0.25, 0.3) is 0 Å². The zero-order valence-corrected chi connectivity index (χ0v) is 14.2. The molecular formula is C16H30N2O2S. The number of rotatable bonds is 6. The Morgan fingerprint density at radius 1 is 1.33 bits per heavy atom. The van der Waals surface area contributed by atoms with Gasteiger partial charge >= 0.3 is 0 Å². The molecule has 21 heavy (non-hydrogen) atoms. The summed E-state index contributed by atoms with van der Waals surface area (Å²) >= 11 is 1.98. The van der Waals surface area contributed by atoms with E-state index in [1.165, 1.54) is 12.2 Å². The van der Waals surface area contributed by atoms with Crippen molar-refractivity contribution in [2.75, 3.05) is 31.2 Å². The van der Waals surface area contributed by atoms with Crippen molar-refractivity contribution < 1.29 is 9.90 Å². The molecule has 0 aliphatic carbocycles. The molecule has 0 aromatic heterocycles. The van der Waals surface area contributed by atoms with Gasteiger partial charge in [0, 0.05) is 31.5 Å². The Morgan fingerprint density at radius 3 is 2.57 bits per heavy atom. The van der Waals surface area contributed by atoms with Crippen LogP contribution in [0, 0.1) is 11.8 Å². The van der Waals surface area contributed by atoms with Gasteiger partial charge in [-0.1, -0.05) is 13.8 Å². The van der Waals surface area contributed by atoms with E-state index in [-0.39, 0.29) is 18.6 Å². The summed E-state index contributed by atoms with van der Waals surface area (Å²) in [4.78, 5) is 14.8. The fourth-order valence-electron chi connectivity index (χ4n) is 3.22. The van der Waals surface area contributed by atoms with Crippen LogP contribution in [0.1, 0.15) is 39.5 Å². The second-order valence-corrected chi connectivity index (χ2v) is 8.01. The summed E-state index contributed by atoms with van der Waals surface area (Å²) < 4.78 is 0. The lowest BCUT2D eigenvalue weighted by Gasteiger charge is -2.35. The Morgan fingerprint density at radius 2 is 2.05 bits per heavy atom. The fourth-order valence-corrected chi connectivity index (χ4v) is 4.38. The van der Waals surface area contributed by atoms with Crippen molar-refractivity contribution in [3.05, 3.63) is 0 Å². The maximum Gasteiger partial charge on any atom is 0.239 e. The summed E-state index contributed by atoms with van der Waals surface area (Å²) in [5, 5.41) is 12.8. The zero-order chi connectivity index (χ0) is 15.2. The molecule has 122 valence electrons. The highest BCUT2D eigenvalue weighted by Crippen LogP contribution is 2.21. The first-order chi connectivity index (χ1) is 10.1. The van der Waals surface area contributed by atoms with Gasteiger partial charge in [0.1, 0.15) is 0 Å². The van der Waals surface area contributed by atoms with E-state index in [0.717, 1.165) is 38.1 Å². The molecule has 0 saturated carbocycles. The van der Waals surface area contributed by atoms with Crippen molar-refractivity contribution in [1.82, 2.24) is 10.2 Å². The normalized spacial score (nSPS) is 25.5. The second kappa shape index (κ2) is 8.39. The maximum absolute atomic E-state index is 12.8. The van der Waals surface area contributed by atoms with E-state index in [9.17, 15) is 9.90 Å². The van der Waals surface area contributed by atoms with Crippen LogP contribution < -0.4 is 5.32 Å². The molecule has 0 bridgehead atoms. The molecule has 2 rings (SSSR count). The molecule has 2 heterocycles. The van der Waals surface area contributed by atoms with Crippen molar-refractivity contribution in [1.29, 1.82) is 0 Å². The van der Waals surface area contributed by atoms with Gasteiger partial charge in [-0.05, 0) is 43.3 Å². The lowest BCUT2D eigenvalue weighted by molar-refractivity contribution is -0.135. The third-order valence-electron chi connectivity index (χ3n) is 4.56. The molecule has 2 aliphatic rings. The Kier molecular flexibility index (Phi) is 6.83. The van der Waals surface area contributed by atoms with Gasteiger partial charge in [0.2, 0.25) is 5.91 Å². The molecular weight excluding hydrogens is 284 g/mol. The van der Waals surface area contributed by atoms with Crippen molar-refractivity contribution in [3.8, 4) is 0 Å². The molecule has 2 N–H and O–H groups in total. The molecule has 2 aliphatic heterocycles. The number of aliphatic hydroxyl groups is 1. The smallest absolute Gasteiger partial charge is 0.239 e. The SMILES string of the molecule is CC(C)C[C@@H](N[C@H]1CCSC1)C(=O)N1CCC(CO)CC1. The number of hydrogen-bond donors (Lipinski definition) is 2. The largest absolute Gasteiger partial charge is 0.396 e. The summed E-state index contributed by atoms with van der Waals surface area (Å²) in [5.41, 5.74) is 0. The van der Waals surface area contributed by atoms with Gasteiger partial charge in [0.05, 0.1) is 6.04 Å². The minimum Gasteiger partial charge on any atom is -0.396 e. The highest BCUT2D eigenvalue weighted by atomic mass is 32.2. The average Bonchev–Trinajstić information content (AvgIpc) is 2.98. The molecule has 0 unspecified atom stereocenters. The summed E-state index contributed by atoms with van der Waals surface area (Å²) in [6.07, 6.45) is 3.98. The molecule has 0 aromatic carbocycles. The van der Waals surface area contributed by atoms with E-state index in [1.54, 1.807) is 0 Å². The quantitative estimate of drug-likeness (QED) is 0.784. The Hall–Kier alpha value is -0.260. The predicted octanol–water partition coefficient (Wildman–Crippen LogP) is 1.73. The number of hydrogen-bond acceptors (Lipinski definition) is 4. The van der Waals surface area contributed by atoms with Gasteiger partial charge in [-0.2, -0.15) is 11.8 Å². The van der Waals surface area contributed by atoms with E-state index < -0.39 is 0 Å². The number of amides is 1. The number of nitrogens with one attached hydrogen (secondary N) is 1. The van der Waals surface area contributed by atoms with Gasteiger partial charge in [-0.15, -0.1) is 0 Å². The van der Waals surface area contributed by atoms with Crippen LogP contribution in [0.4, 0.5) is 0 Å². The van der Waals surface area contributed by atoms with Crippen LogP contribution >= 0.6 is 11.8 Å². The predicted molar refractivity (Wildman–Crippen MR) is 88.5 cm³/mol. The van der Waals surface area contributed by atoms with Crippen LogP contribution in [-0.4, -0.2) is 59.2 Å². The maximum atomic E-state index is 12.8. The van der Waals surface area contributed by atoms with E-state index in [1.807, 2.05) is 16.7 Å². The van der Waals surface area contributed by atoms with Gasteiger partial charge in [0.25, 0.3) is 0 Å². The Labute approximate surface area is 133 Å². The summed E-state index contributed by atoms with van der Waals surface area (Å²) in [5.74, 6) is 3.53. The topological polar surface area (TPSA) is 52.6 Å². The number of aliphatic hydroxyl groups excluding tert-OH is 1. The number of thioether (sulfide) groups is 1. The van der Waals surface area contributed by atoms with Gasteiger partial charge in [-0.3, -0.25) is 4.79 Å². The molecule has 4 nitrogen and oxygen atoms in total. The first kappa shape index (κ1) is 17.1. The zero-order valence-electron chi connectivity index (χ0n) is 13.4. The van der Waals surface area contributed by atoms with Gasteiger partial charge in [0.15, 0.2) is 0 Å². The molecule has 0 radical (unpaired) electrons. The van der Waals surface area contributed by atoms with Crippen molar-refractivity contribution in [3.63, 3.8) is 0 Å². The first-order valence-corrected chi connectivity index (χ1v) is 9.49. The highest BCUT2D eigenvalue weighted by molar-refractivity contribution is 7.99. The number of carbonyl (C=O) groups is 1. The lowest BCUT2D eigenvalue weighted by atomic mass is 9.96. The van der Waals surface area contributed by atoms with E-state index in [0.29, 0.717) is 17.9 Å². The molecule has 1 amide bonds. The molecule has 2 atom stereocenters. The minimum absolute atomic E-state index is 0.0284. The Bertz CT molecular complexity index is 324. The second-order valence-electron chi connectivity index (χ2n) is 6.86. The van der Waals surface area contributed by atoms with Gasteiger partial charge < -0.3 is 15.3 Å². The van der Waals surface area contributed by atoms with Crippen molar-refractivity contribution in [2.24, 2.45) is 11.8 Å². The van der Waals surface area contributed by atoms with E-state index in [4.69, 9.17) is 0 Å². The highest BCUT2D eigenvalue weighted by Gasteiger charge is 2.30. The van der Waals surface area contributed by atoms with Crippen LogP contribution in [0.5, 0.6) is 0 Å². The number of carbonyl (C=O) groups excluding carboxylic acids is 1. The molecule has 0 aromatic rings. The van der Waals surface area contributed by atoms with E-state index in [2.05, 4.69) is 19.2 Å². The number of piperidine rings is 1. The first-order valence-electron chi connectivity index (χ1n) is 8.33. The van der Waals surface area contributed by atoms with Crippen LogP contribution in [0.3, 0.4) is 0 Å². The number of likely N-dealkylation sites (tertiary alicyclic amines) is 1. The fraction of sp³-hybridized carbons (Fsp3) is 0.938. The molecule has 2 fully saturated rings. The standard InChI is InChI=1S/C16H30N2O2S/c1-12(2)9-15(17-14-5-8-21-11-14)16(20)18-6-3-13(10-19)4-7-18/h12-15,17,19H,3-11H2,1-2H3/t14-,15+/m0/s1. The Balaban J connectivity index is 1.90. The third kappa shape index (κ3) is 5.15. The van der Waals surface area contributed by atoms with Crippen LogP contribution in [-0.2, 0) is 4.79 Å². The number of nitrogens with zero attached hydrogens (tertiary/aromatic N) is 1. The van der Waals surface area contributed by atoms with Crippen molar-refractivity contribution in [2.45, 2.75) is 51.6 Å². The third-order valence-corrected chi connectivity index (χ3v) is 5.72. The van der Waals surface area contributed by atoms with Crippen LogP contribution in [0.15, 0.2) is 0 Å². The van der Waals surface area contributed by atoms with Crippen LogP contribution in [0.2, 0.25) is 0 Å². The van der Waals surface area contributed by atoms with Gasteiger partial charge in [-0.25, -0.2) is 0 Å².